The minimum absolute atomic E-state index is 0.0385. The number of thioether (sulfide) groups is 1. The quantitative estimate of drug-likeness (QED) is 0.475. The van der Waals surface area contributed by atoms with Crippen LogP contribution in [0, 0.1) is 0 Å². The summed E-state index contributed by atoms with van der Waals surface area (Å²) in [6, 6.07) is -0.760. The van der Waals surface area contributed by atoms with Crippen molar-refractivity contribution in [2.45, 2.75) is 11.4 Å². The van der Waals surface area contributed by atoms with Crippen LogP contribution in [0.4, 0.5) is 0 Å². The van der Waals surface area contributed by atoms with Crippen molar-refractivity contribution in [1.82, 2.24) is 4.90 Å². The van der Waals surface area contributed by atoms with Gasteiger partial charge in [0.05, 0.1) is 12.0 Å². The van der Waals surface area contributed by atoms with Gasteiger partial charge in [-0.3, -0.25) is 9.69 Å². The third-order valence-electron chi connectivity index (χ3n) is 2.43. The van der Waals surface area contributed by atoms with Gasteiger partial charge in [-0.05, 0) is 0 Å². The van der Waals surface area contributed by atoms with Gasteiger partial charge in [0.25, 0.3) is 0 Å². The number of fused-ring (bicyclic) bond motifs is 1. The third-order valence-corrected chi connectivity index (χ3v) is 4.21. The van der Waals surface area contributed by atoms with E-state index >= 15 is 0 Å². The predicted molar refractivity (Wildman–Crippen MR) is 61.7 cm³/mol. The Hall–Kier alpha value is -1.26. The maximum atomic E-state index is 11.5. The maximum absolute atomic E-state index is 11.5. The van der Waals surface area contributed by atoms with Gasteiger partial charge in [-0.2, -0.15) is 8.42 Å². The summed E-state index contributed by atoms with van der Waals surface area (Å²) in [5.74, 6) is -2.19. The van der Waals surface area contributed by atoms with Crippen molar-refractivity contribution in [3.05, 3.63) is 11.5 Å². The molecule has 10 heteroatoms. The third kappa shape index (κ3) is 2.06. The molecule has 0 radical (unpaired) electrons. The van der Waals surface area contributed by atoms with Crippen LogP contribution >= 0.6 is 11.8 Å². The van der Waals surface area contributed by atoms with Gasteiger partial charge in [0, 0.05) is 0 Å². The molecule has 0 aliphatic carbocycles. The van der Waals surface area contributed by atoms with Crippen molar-refractivity contribution in [2.75, 3.05) is 12.0 Å². The van der Waals surface area contributed by atoms with Crippen molar-refractivity contribution < 1.29 is 27.3 Å². The topological polar surface area (TPSA) is 127 Å². The summed E-state index contributed by atoms with van der Waals surface area (Å²) in [5.41, 5.74) is 5.08. The molecule has 0 bridgehead atoms. The zero-order valence-corrected chi connectivity index (χ0v) is 10.8. The average Bonchev–Trinajstić information content (AvgIpc) is 2.24. The fraction of sp³-hybridized carbons (Fsp3) is 0.500. The molecule has 0 unspecified atom stereocenters. The van der Waals surface area contributed by atoms with E-state index < -0.39 is 39.1 Å². The normalized spacial score (nSPS) is 27.7. The van der Waals surface area contributed by atoms with E-state index in [9.17, 15) is 18.0 Å². The summed E-state index contributed by atoms with van der Waals surface area (Å²) in [6.45, 7) is 0. The molecular formula is C8H10N2O6S2. The Morgan fingerprint density at radius 2 is 2.22 bits per heavy atom. The van der Waals surface area contributed by atoms with Crippen LogP contribution in [0.5, 0.6) is 0 Å². The molecule has 0 aromatic heterocycles. The number of carboxylic acids is 1. The zero-order valence-electron chi connectivity index (χ0n) is 9.19. The number of nitrogens with zero attached hydrogens (tertiary/aromatic N) is 1. The number of β-lactam (4-membered cyclic amide) rings is 1. The summed E-state index contributed by atoms with van der Waals surface area (Å²) in [5, 5.41) is 8.58. The highest BCUT2D eigenvalue weighted by Gasteiger charge is 2.52. The SMILES string of the molecule is CS(=O)(=O)OC1=C(C(=O)O)N2C(=O)[C@@H](N)[C@H]2SC1. The number of carbonyl (C=O) groups is 2. The van der Waals surface area contributed by atoms with Crippen LogP contribution in [-0.2, 0) is 23.9 Å². The highest BCUT2D eigenvalue weighted by Crippen LogP contribution is 2.39. The molecule has 8 nitrogen and oxygen atoms in total. The van der Waals surface area contributed by atoms with E-state index in [2.05, 4.69) is 4.18 Å². The van der Waals surface area contributed by atoms with Gasteiger partial charge in [-0.1, -0.05) is 0 Å². The fourth-order valence-electron chi connectivity index (χ4n) is 1.73. The Labute approximate surface area is 107 Å². The molecule has 18 heavy (non-hydrogen) atoms. The van der Waals surface area contributed by atoms with E-state index in [1.165, 1.54) is 0 Å². The summed E-state index contributed by atoms with van der Waals surface area (Å²) < 4.78 is 26.7. The lowest BCUT2D eigenvalue weighted by Gasteiger charge is -2.47. The monoisotopic (exact) mass is 294 g/mol. The Bertz CT molecular complexity index is 554. The van der Waals surface area contributed by atoms with E-state index in [4.69, 9.17) is 10.8 Å². The molecule has 2 aliphatic rings. The van der Waals surface area contributed by atoms with Crippen LogP contribution in [0.3, 0.4) is 0 Å². The van der Waals surface area contributed by atoms with Crippen LogP contribution in [0.15, 0.2) is 11.5 Å². The molecule has 3 N–H and O–H groups in total. The number of amides is 1. The van der Waals surface area contributed by atoms with Crippen LogP contribution in [0.2, 0.25) is 0 Å². The fourth-order valence-corrected chi connectivity index (χ4v) is 3.51. The maximum Gasteiger partial charge on any atom is 0.356 e. The minimum Gasteiger partial charge on any atom is -0.476 e. The van der Waals surface area contributed by atoms with Gasteiger partial charge < -0.3 is 15.0 Å². The Kier molecular flexibility index (Phi) is 3.03. The predicted octanol–water partition coefficient (Wildman–Crippen LogP) is -1.50. The standard InChI is InChI=1S/C8H10N2O6S2/c1-18(14,15)16-3-2-17-7-4(9)6(11)10(7)5(3)8(12)13/h4,7H,2,9H2,1H3,(H,12,13)/t4-,7-/m1/s1. The summed E-state index contributed by atoms with van der Waals surface area (Å²) in [4.78, 5) is 23.6. The molecule has 2 heterocycles. The molecule has 0 aromatic carbocycles. The van der Waals surface area contributed by atoms with E-state index in [1.54, 1.807) is 0 Å². The van der Waals surface area contributed by atoms with Gasteiger partial charge in [0.15, 0.2) is 11.5 Å². The van der Waals surface area contributed by atoms with E-state index in [-0.39, 0.29) is 11.5 Å². The largest absolute Gasteiger partial charge is 0.476 e. The molecule has 100 valence electrons. The first-order valence-corrected chi connectivity index (χ1v) is 7.65. The number of rotatable bonds is 3. The molecule has 1 amide bonds. The molecular weight excluding hydrogens is 284 g/mol. The van der Waals surface area contributed by atoms with Crippen molar-refractivity contribution in [3.63, 3.8) is 0 Å². The number of carbonyl (C=O) groups excluding carboxylic acids is 1. The Morgan fingerprint density at radius 3 is 2.72 bits per heavy atom. The van der Waals surface area contributed by atoms with Crippen molar-refractivity contribution in [2.24, 2.45) is 5.73 Å². The lowest BCUT2D eigenvalue weighted by atomic mass is 10.1. The van der Waals surface area contributed by atoms with E-state index in [0.717, 1.165) is 22.9 Å². The van der Waals surface area contributed by atoms with Crippen molar-refractivity contribution in [3.8, 4) is 0 Å². The van der Waals surface area contributed by atoms with Gasteiger partial charge in [-0.25, -0.2) is 4.79 Å². The number of carboxylic acid groups (broad SMARTS) is 1. The molecule has 1 saturated heterocycles. The second kappa shape index (κ2) is 4.14. The van der Waals surface area contributed by atoms with E-state index in [0.29, 0.717) is 0 Å². The van der Waals surface area contributed by atoms with Gasteiger partial charge in [0.1, 0.15) is 11.4 Å². The molecule has 2 aliphatic heterocycles. The number of hydrogen-bond acceptors (Lipinski definition) is 7. The van der Waals surface area contributed by atoms with Crippen LogP contribution < -0.4 is 5.73 Å². The summed E-state index contributed by atoms with van der Waals surface area (Å²) in [7, 11) is -3.84. The van der Waals surface area contributed by atoms with Crippen LogP contribution in [0.1, 0.15) is 0 Å². The molecule has 1 fully saturated rings. The second-order valence-corrected chi connectivity index (χ2v) is 6.48. The first kappa shape index (κ1) is 13.2. The summed E-state index contributed by atoms with van der Waals surface area (Å²) in [6.07, 6.45) is 0.805. The van der Waals surface area contributed by atoms with Crippen LogP contribution in [0.25, 0.3) is 0 Å². The minimum atomic E-state index is -3.84. The van der Waals surface area contributed by atoms with Gasteiger partial charge in [0.2, 0.25) is 5.91 Å². The first-order chi connectivity index (χ1) is 8.22. The van der Waals surface area contributed by atoms with Gasteiger partial charge >= 0.3 is 16.1 Å². The zero-order chi connectivity index (χ0) is 13.7. The number of aliphatic carboxylic acids is 1. The van der Waals surface area contributed by atoms with Crippen molar-refractivity contribution >= 4 is 33.8 Å². The summed E-state index contributed by atoms with van der Waals surface area (Å²) >= 11 is 1.16. The van der Waals surface area contributed by atoms with Gasteiger partial charge in [-0.15, -0.1) is 11.8 Å². The first-order valence-electron chi connectivity index (χ1n) is 4.78. The number of nitrogens with two attached hydrogens (primary N) is 1. The van der Waals surface area contributed by atoms with Crippen molar-refractivity contribution in [1.29, 1.82) is 0 Å². The molecule has 2 rings (SSSR count). The molecule has 0 spiro atoms. The second-order valence-electron chi connectivity index (χ2n) is 3.80. The highest BCUT2D eigenvalue weighted by atomic mass is 32.2. The van der Waals surface area contributed by atoms with Crippen LogP contribution in [-0.4, -0.2) is 53.7 Å². The molecule has 2 atom stereocenters. The lowest BCUT2D eigenvalue weighted by molar-refractivity contribution is -0.148. The average molecular weight is 294 g/mol. The lowest BCUT2D eigenvalue weighted by Crippen LogP contribution is -2.68. The highest BCUT2D eigenvalue weighted by molar-refractivity contribution is 8.00. The number of hydrogen-bond donors (Lipinski definition) is 2. The molecule has 0 saturated carbocycles. The smallest absolute Gasteiger partial charge is 0.356 e. The Balaban J connectivity index is 2.41. The Morgan fingerprint density at radius 1 is 1.61 bits per heavy atom. The van der Waals surface area contributed by atoms with E-state index in [1.807, 2.05) is 0 Å². The molecule has 0 aromatic rings.